The van der Waals surface area contributed by atoms with Gasteiger partial charge in [0.05, 0.1) is 0 Å². The van der Waals surface area contributed by atoms with Crippen molar-refractivity contribution < 1.29 is 17.5 Å². The summed E-state index contributed by atoms with van der Waals surface area (Å²) in [6.07, 6.45) is 0. The van der Waals surface area contributed by atoms with Crippen LogP contribution in [0.1, 0.15) is 27.7 Å². The first-order valence-electron chi connectivity index (χ1n) is 3.67. The molecule has 0 rings (SSSR count). The molecule has 0 aliphatic carbocycles. The van der Waals surface area contributed by atoms with E-state index in [1.807, 2.05) is 27.7 Å². The lowest BCUT2D eigenvalue weighted by atomic mass is 10.4. The molecule has 6 nitrogen and oxygen atoms in total. The molecule has 0 aliphatic rings. The summed E-state index contributed by atoms with van der Waals surface area (Å²) in [5.74, 6) is 0. The monoisotopic (exact) mass is 216 g/mol. The fourth-order valence-electron chi connectivity index (χ4n) is 0. The molecule has 13 heavy (non-hydrogen) atoms. The Morgan fingerprint density at radius 2 is 0.923 bits per heavy atom. The van der Waals surface area contributed by atoms with Crippen LogP contribution in [0.5, 0.6) is 0 Å². The van der Waals surface area contributed by atoms with Crippen LogP contribution in [0.25, 0.3) is 0 Å². The van der Waals surface area contributed by atoms with Gasteiger partial charge in [-0.05, 0) is 12.1 Å². The smallest absolute Gasteiger partial charge is 0.328 e. The fourth-order valence-corrected chi connectivity index (χ4v) is 0. The minimum Gasteiger partial charge on any atom is -0.328 e. The van der Waals surface area contributed by atoms with Crippen molar-refractivity contribution in [1.29, 1.82) is 0 Å². The summed E-state index contributed by atoms with van der Waals surface area (Å²) in [6, 6.07) is 0.667. The SMILES string of the molecule is CC(C)N.CC(C)N.O=S(=O)(O)O. The van der Waals surface area contributed by atoms with Crippen molar-refractivity contribution in [1.82, 2.24) is 0 Å². The highest BCUT2D eigenvalue weighted by atomic mass is 32.3. The summed E-state index contributed by atoms with van der Waals surface area (Å²) in [6.45, 7) is 7.78. The van der Waals surface area contributed by atoms with E-state index in [1.54, 1.807) is 0 Å². The van der Waals surface area contributed by atoms with Gasteiger partial charge in [-0.15, -0.1) is 0 Å². The van der Waals surface area contributed by atoms with Crippen molar-refractivity contribution in [3.8, 4) is 0 Å². The standard InChI is InChI=1S/2C3H9N.H2O4S/c2*1-3(2)4;1-5(2,3)4/h2*3H,4H2,1-2H3;(H2,1,2,3,4). The summed E-state index contributed by atoms with van der Waals surface area (Å²) in [5, 5.41) is 0. The molecule has 0 atom stereocenters. The number of nitrogens with two attached hydrogens (primary N) is 2. The van der Waals surface area contributed by atoms with Gasteiger partial charge in [0.1, 0.15) is 0 Å². The summed E-state index contributed by atoms with van der Waals surface area (Å²) in [7, 11) is -4.67. The molecule has 0 spiro atoms. The van der Waals surface area contributed by atoms with E-state index in [9.17, 15) is 0 Å². The van der Waals surface area contributed by atoms with Gasteiger partial charge in [0.25, 0.3) is 0 Å². The fraction of sp³-hybridized carbons (Fsp3) is 1.00. The third-order valence-corrected chi connectivity index (χ3v) is 0. The van der Waals surface area contributed by atoms with Crippen molar-refractivity contribution >= 4 is 10.4 Å². The van der Waals surface area contributed by atoms with Crippen molar-refractivity contribution in [2.45, 2.75) is 39.8 Å². The van der Waals surface area contributed by atoms with Crippen LogP contribution < -0.4 is 11.5 Å². The first-order valence-corrected chi connectivity index (χ1v) is 5.07. The van der Waals surface area contributed by atoms with Crippen molar-refractivity contribution in [3.05, 3.63) is 0 Å². The van der Waals surface area contributed by atoms with E-state index in [1.165, 1.54) is 0 Å². The Kier molecular flexibility index (Phi) is 14.1. The lowest BCUT2D eigenvalue weighted by Crippen LogP contribution is -2.07. The highest BCUT2D eigenvalue weighted by Gasteiger charge is 1.84. The first-order chi connectivity index (χ1) is 5.46. The van der Waals surface area contributed by atoms with Gasteiger partial charge in [-0.2, -0.15) is 8.42 Å². The second-order valence-electron chi connectivity index (χ2n) is 2.94. The van der Waals surface area contributed by atoms with E-state index in [4.69, 9.17) is 29.0 Å². The van der Waals surface area contributed by atoms with Crippen LogP contribution in [-0.4, -0.2) is 29.6 Å². The zero-order valence-corrected chi connectivity index (χ0v) is 9.25. The molecule has 7 heteroatoms. The maximum absolute atomic E-state index is 8.74. The molecule has 0 aromatic heterocycles. The van der Waals surface area contributed by atoms with Gasteiger partial charge in [0.15, 0.2) is 0 Å². The molecule has 6 N–H and O–H groups in total. The molecule has 0 unspecified atom stereocenters. The third kappa shape index (κ3) is 25600. The third-order valence-electron chi connectivity index (χ3n) is 0. The molecule has 0 radical (unpaired) electrons. The average molecular weight is 216 g/mol. The van der Waals surface area contributed by atoms with Gasteiger partial charge in [-0.1, -0.05) is 27.7 Å². The topological polar surface area (TPSA) is 127 Å². The molecule has 0 bridgehead atoms. The summed E-state index contributed by atoms with van der Waals surface area (Å²) in [5.41, 5.74) is 10.2. The van der Waals surface area contributed by atoms with Crippen molar-refractivity contribution in [2.24, 2.45) is 11.5 Å². The summed E-state index contributed by atoms with van der Waals surface area (Å²) >= 11 is 0. The predicted octanol–water partition coefficient (Wildman–Crippen LogP) is 0.0542. The van der Waals surface area contributed by atoms with Gasteiger partial charge in [0, 0.05) is 0 Å². The number of hydrogen-bond donors (Lipinski definition) is 4. The van der Waals surface area contributed by atoms with Crippen LogP contribution in [0.2, 0.25) is 0 Å². The summed E-state index contributed by atoms with van der Waals surface area (Å²) < 4.78 is 31.6. The van der Waals surface area contributed by atoms with Gasteiger partial charge >= 0.3 is 10.4 Å². The van der Waals surface area contributed by atoms with Crippen LogP contribution in [0, 0.1) is 0 Å². The van der Waals surface area contributed by atoms with E-state index in [2.05, 4.69) is 0 Å². The van der Waals surface area contributed by atoms with Gasteiger partial charge in [-0.25, -0.2) is 0 Å². The van der Waals surface area contributed by atoms with Crippen LogP contribution in [-0.2, 0) is 10.4 Å². The van der Waals surface area contributed by atoms with Gasteiger partial charge in [0.2, 0.25) is 0 Å². The molecule has 0 aromatic carbocycles. The zero-order chi connectivity index (χ0) is 11.7. The van der Waals surface area contributed by atoms with Crippen molar-refractivity contribution in [2.75, 3.05) is 0 Å². The largest absolute Gasteiger partial charge is 0.394 e. The number of hydrogen-bond acceptors (Lipinski definition) is 4. The molecule has 0 amide bonds. The van der Waals surface area contributed by atoms with E-state index >= 15 is 0 Å². The molecule has 0 saturated carbocycles. The second kappa shape index (κ2) is 9.87. The molecular formula is C6H20N2O4S. The molecular weight excluding hydrogens is 196 g/mol. The highest BCUT2D eigenvalue weighted by molar-refractivity contribution is 7.79. The molecule has 0 saturated heterocycles. The Balaban J connectivity index is -0.000000117. The quantitative estimate of drug-likeness (QED) is 0.424. The van der Waals surface area contributed by atoms with E-state index in [-0.39, 0.29) is 0 Å². The Morgan fingerprint density at radius 3 is 0.923 bits per heavy atom. The Labute approximate surface area is 79.9 Å². The highest BCUT2D eigenvalue weighted by Crippen LogP contribution is 1.59. The molecule has 0 aromatic rings. The zero-order valence-electron chi connectivity index (χ0n) is 8.43. The van der Waals surface area contributed by atoms with Crippen LogP contribution in [0.15, 0.2) is 0 Å². The van der Waals surface area contributed by atoms with Crippen LogP contribution in [0.3, 0.4) is 0 Å². The maximum atomic E-state index is 8.74. The molecule has 0 aliphatic heterocycles. The maximum Gasteiger partial charge on any atom is 0.394 e. The van der Waals surface area contributed by atoms with Crippen LogP contribution in [0.4, 0.5) is 0 Å². The Bertz CT molecular complexity index is 158. The minimum atomic E-state index is -4.67. The molecule has 0 fully saturated rings. The molecule has 0 heterocycles. The van der Waals surface area contributed by atoms with E-state index in [0.29, 0.717) is 12.1 Å². The van der Waals surface area contributed by atoms with Crippen molar-refractivity contribution in [3.63, 3.8) is 0 Å². The minimum absolute atomic E-state index is 0.333. The average Bonchev–Trinajstić information content (AvgIpc) is 1.50. The predicted molar refractivity (Wildman–Crippen MR) is 52.8 cm³/mol. The lowest BCUT2D eigenvalue weighted by Gasteiger charge is -1.81. The van der Waals surface area contributed by atoms with Crippen LogP contribution >= 0.6 is 0 Å². The van der Waals surface area contributed by atoms with Gasteiger partial charge < -0.3 is 11.5 Å². The van der Waals surface area contributed by atoms with E-state index in [0.717, 1.165) is 0 Å². The Hall–Kier alpha value is -0.210. The molecule has 84 valence electrons. The second-order valence-corrected chi connectivity index (χ2v) is 3.83. The van der Waals surface area contributed by atoms with Gasteiger partial charge in [-0.3, -0.25) is 9.11 Å². The lowest BCUT2D eigenvalue weighted by molar-refractivity contribution is 0.381. The summed E-state index contributed by atoms with van der Waals surface area (Å²) in [4.78, 5) is 0. The first kappa shape index (κ1) is 18.5. The normalized spacial score (nSPS) is 10.0. The van der Waals surface area contributed by atoms with E-state index < -0.39 is 10.4 Å². The number of rotatable bonds is 0. The Morgan fingerprint density at radius 1 is 0.923 bits per heavy atom.